The Hall–Kier alpha value is -1.75. The molecule has 1 N–H and O–H groups in total. The third kappa shape index (κ3) is 3.86. The summed E-state index contributed by atoms with van der Waals surface area (Å²) in [5, 5.41) is 12.4. The van der Waals surface area contributed by atoms with Crippen LogP contribution in [0.1, 0.15) is 29.5 Å². The van der Waals surface area contributed by atoms with Crippen molar-refractivity contribution in [2.45, 2.75) is 33.1 Å². The summed E-state index contributed by atoms with van der Waals surface area (Å²) in [5.41, 5.74) is 2.17. The Kier molecular flexibility index (Phi) is 4.63. The first kappa shape index (κ1) is 13.7. The quantitative estimate of drug-likeness (QED) is 0.912. The fourth-order valence-corrected chi connectivity index (χ4v) is 2.62. The van der Waals surface area contributed by atoms with Gasteiger partial charge in [-0.15, -0.1) is 10.2 Å². The molecule has 0 aliphatic heterocycles. The molecule has 0 atom stereocenters. The predicted octanol–water partition coefficient (Wildman–Crippen LogP) is 2.98. The lowest BCUT2D eigenvalue weighted by atomic mass is 10.1. The van der Waals surface area contributed by atoms with Crippen LogP contribution in [0.2, 0.25) is 0 Å². The third-order valence-electron chi connectivity index (χ3n) is 2.79. The van der Waals surface area contributed by atoms with Crippen LogP contribution >= 0.6 is 11.3 Å². The molecule has 19 heavy (non-hydrogen) atoms. The second kappa shape index (κ2) is 6.43. The first-order valence-electron chi connectivity index (χ1n) is 6.35. The third-order valence-corrected chi connectivity index (χ3v) is 3.69. The van der Waals surface area contributed by atoms with Gasteiger partial charge in [0.1, 0.15) is 5.01 Å². The largest absolute Gasteiger partial charge is 0.300 e. The van der Waals surface area contributed by atoms with Gasteiger partial charge >= 0.3 is 0 Å². The van der Waals surface area contributed by atoms with E-state index in [0.29, 0.717) is 11.6 Å². The molecule has 0 saturated heterocycles. The van der Waals surface area contributed by atoms with Crippen molar-refractivity contribution in [2.24, 2.45) is 0 Å². The Balaban J connectivity index is 1.95. The highest BCUT2D eigenvalue weighted by atomic mass is 32.1. The van der Waals surface area contributed by atoms with Gasteiger partial charge in [0.15, 0.2) is 0 Å². The van der Waals surface area contributed by atoms with Crippen LogP contribution < -0.4 is 5.32 Å². The van der Waals surface area contributed by atoms with Crippen LogP contribution in [0.3, 0.4) is 0 Å². The SMILES string of the molecule is CCCc1nnc(NC(=O)Cc2ccccc2C)s1. The topological polar surface area (TPSA) is 54.9 Å². The lowest BCUT2D eigenvalue weighted by Gasteiger charge is -2.04. The number of nitrogens with one attached hydrogen (secondary N) is 1. The maximum absolute atomic E-state index is 11.9. The predicted molar refractivity (Wildman–Crippen MR) is 77.4 cm³/mol. The number of benzene rings is 1. The standard InChI is InChI=1S/C14H17N3OS/c1-3-6-13-16-17-14(19-13)15-12(18)9-11-8-5-4-7-10(11)2/h4-5,7-8H,3,6,9H2,1-2H3,(H,15,17,18). The molecule has 2 rings (SSSR count). The lowest BCUT2D eigenvalue weighted by molar-refractivity contribution is -0.115. The van der Waals surface area contributed by atoms with Gasteiger partial charge in [-0.2, -0.15) is 0 Å². The smallest absolute Gasteiger partial charge is 0.230 e. The van der Waals surface area contributed by atoms with Crippen molar-refractivity contribution in [3.05, 3.63) is 40.4 Å². The van der Waals surface area contributed by atoms with Crippen LogP contribution in [0, 0.1) is 6.92 Å². The monoisotopic (exact) mass is 275 g/mol. The molecule has 1 aromatic heterocycles. The van der Waals surface area contributed by atoms with Crippen molar-refractivity contribution in [3.8, 4) is 0 Å². The number of nitrogens with zero attached hydrogens (tertiary/aromatic N) is 2. The van der Waals surface area contributed by atoms with E-state index in [9.17, 15) is 4.79 Å². The van der Waals surface area contributed by atoms with Crippen molar-refractivity contribution in [1.29, 1.82) is 0 Å². The number of amides is 1. The molecule has 0 aliphatic rings. The second-order valence-electron chi connectivity index (χ2n) is 4.40. The Bertz CT molecular complexity index is 565. The Morgan fingerprint density at radius 3 is 2.84 bits per heavy atom. The summed E-state index contributed by atoms with van der Waals surface area (Å²) in [7, 11) is 0. The van der Waals surface area contributed by atoms with E-state index < -0.39 is 0 Å². The summed E-state index contributed by atoms with van der Waals surface area (Å²) in [6, 6.07) is 7.89. The summed E-state index contributed by atoms with van der Waals surface area (Å²) in [6.45, 7) is 4.10. The molecule has 0 radical (unpaired) electrons. The summed E-state index contributed by atoms with van der Waals surface area (Å²) in [5.74, 6) is -0.0477. The number of aryl methyl sites for hydroxylation is 2. The van der Waals surface area contributed by atoms with Crippen LogP contribution in [-0.2, 0) is 17.6 Å². The summed E-state index contributed by atoms with van der Waals surface area (Å²) in [4.78, 5) is 11.9. The van der Waals surface area contributed by atoms with Crippen LogP contribution in [0.5, 0.6) is 0 Å². The fourth-order valence-electron chi connectivity index (χ4n) is 1.76. The van der Waals surface area contributed by atoms with Crippen LogP contribution in [-0.4, -0.2) is 16.1 Å². The molecular formula is C14H17N3OS. The van der Waals surface area contributed by atoms with E-state index in [2.05, 4.69) is 22.4 Å². The highest BCUT2D eigenvalue weighted by Crippen LogP contribution is 2.17. The van der Waals surface area contributed by atoms with Gasteiger partial charge in [0, 0.05) is 6.42 Å². The number of hydrogen-bond acceptors (Lipinski definition) is 4. The van der Waals surface area contributed by atoms with Gasteiger partial charge in [0.25, 0.3) is 0 Å². The molecule has 0 spiro atoms. The Morgan fingerprint density at radius 1 is 1.32 bits per heavy atom. The number of hydrogen-bond donors (Lipinski definition) is 1. The Labute approximate surface area is 116 Å². The minimum Gasteiger partial charge on any atom is -0.300 e. The minimum atomic E-state index is -0.0477. The normalized spacial score (nSPS) is 10.4. The highest BCUT2D eigenvalue weighted by molar-refractivity contribution is 7.15. The van der Waals surface area contributed by atoms with Gasteiger partial charge in [0.05, 0.1) is 6.42 Å². The molecule has 5 heteroatoms. The number of aromatic nitrogens is 2. The summed E-state index contributed by atoms with van der Waals surface area (Å²) < 4.78 is 0. The van der Waals surface area contributed by atoms with Crippen molar-refractivity contribution in [2.75, 3.05) is 5.32 Å². The van der Waals surface area contributed by atoms with E-state index in [-0.39, 0.29) is 5.91 Å². The maximum Gasteiger partial charge on any atom is 0.230 e. The van der Waals surface area contributed by atoms with Crippen molar-refractivity contribution in [1.82, 2.24) is 10.2 Å². The number of rotatable bonds is 5. The first-order chi connectivity index (χ1) is 9.19. The van der Waals surface area contributed by atoms with Gasteiger partial charge in [-0.3, -0.25) is 4.79 Å². The molecule has 1 amide bonds. The fraction of sp³-hybridized carbons (Fsp3) is 0.357. The minimum absolute atomic E-state index is 0.0477. The first-order valence-corrected chi connectivity index (χ1v) is 7.17. The number of carbonyl (C=O) groups is 1. The van der Waals surface area contributed by atoms with E-state index in [1.807, 2.05) is 31.2 Å². The molecule has 0 saturated carbocycles. The molecular weight excluding hydrogens is 258 g/mol. The van der Waals surface area contributed by atoms with Crippen LogP contribution in [0.4, 0.5) is 5.13 Å². The average molecular weight is 275 g/mol. The van der Waals surface area contributed by atoms with E-state index >= 15 is 0 Å². The molecule has 0 fully saturated rings. The molecule has 1 heterocycles. The van der Waals surface area contributed by atoms with Gasteiger partial charge in [-0.25, -0.2) is 0 Å². The van der Waals surface area contributed by atoms with Gasteiger partial charge in [0.2, 0.25) is 11.0 Å². The lowest BCUT2D eigenvalue weighted by Crippen LogP contribution is -2.14. The summed E-state index contributed by atoms with van der Waals surface area (Å²) >= 11 is 1.45. The highest BCUT2D eigenvalue weighted by Gasteiger charge is 2.09. The number of anilines is 1. The molecule has 1 aromatic carbocycles. The maximum atomic E-state index is 11.9. The van der Waals surface area contributed by atoms with E-state index in [1.54, 1.807) is 0 Å². The van der Waals surface area contributed by atoms with E-state index in [1.165, 1.54) is 11.3 Å². The van der Waals surface area contributed by atoms with E-state index in [4.69, 9.17) is 0 Å². The van der Waals surface area contributed by atoms with Gasteiger partial charge in [-0.1, -0.05) is 42.5 Å². The molecule has 4 nitrogen and oxygen atoms in total. The molecule has 100 valence electrons. The van der Waals surface area contributed by atoms with Crippen molar-refractivity contribution < 1.29 is 4.79 Å². The molecule has 0 aliphatic carbocycles. The molecule has 0 bridgehead atoms. The zero-order chi connectivity index (χ0) is 13.7. The van der Waals surface area contributed by atoms with Gasteiger partial charge in [-0.05, 0) is 24.5 Å². The second-order valence-corrected chi connectivity index (χ2v) is 5.46. The molecule has 2 aromatic rings. The number of carbonyl (C=O) groups excluding carboxylic acids is 1. The van der Waals surface area contributed by atoms with Crippen molar-refractivity contribution >= 4 is 22.4 Å². The van der Waals surface area contributed by atoms with Crippen LogP contribution in [0.25, 0.3) is 0 Å². The zero-order valence-electron chi connectivity index (χ0n) is 11.1. The Morgan fingerprint density at radius 2 is 2.11 bits per heavy atom. The van der Waals surface area contributed by atoms with E-state index in [0.717, 1.165) is 29.0 Å². The average Bonchev–Trinajstić information content (AvgIpc) is 2.80. The van der Waals surface area contributed by atoms with Gasteiger partial charge < -0.3 is 5.32 Å². The van der Waals surface area contributed by atoms with Crippen molar-refractivity contribution in [3.63, 3.8) is 0 Å². The molecule has 0 unspecified atom stereocenters. The summed E-state index contributed by atoms with van der Waals surface area (Å²) in [6.07, 6.45) is 2.31. The van der Waals surface area contributed by atoms with Crippen LogP contribution in [0.15, 0.2) is 24.3 Å². The zero-order valence-corrected chi connectivity index (χ0v) is 12.0.